The largest absolute Gasteiger partial charge is 0.418 e. The monoisotopic (exact) mass is 493 g/mol. The Morgan fingerprint density at radius 3 is 2.46 bits per heavy atom. The summed E-state index contributed by atoms with van der Waals surface area (Å²) in [6.45, 7) is 4.52. The number of nitrogens with zero attached hydrogens (tertiary/aromatic N) is 2. The minimum atomic E-state index is -4.61. The highest BCUT2D eigenvalue weighted by Gasteiger charge is 2.33. The van der Waals surface area contributed by atoms with Crippen molar-refractivity contribution in [3.8, 4) is 0 Å². The lowest BCUT2D eigenvalue weighted by molar-refractivity contribution is -0.136. The van der Waals surface area contributed by atoms with Gasteiger partial charge in [-0.1, -0.05) is 12.1 Å². The molecule has 8 nitrogen and oxygen atoms in total. The number of alkyl halides is 3. The number of benzene rings is 2. The lowest BCUT2D eigenvalue weighted by atomic mass is 10.1. The number of anilines is 3. The second-order valence-electron chi connectivity index (χ2n) is 8.31. The minimum Gasteiger partial charge on any atom is -0.379 e. The van der Waals surface area contributed by atoms with E-state index < -0.39 is 17.8 Å². The molecule has 0 bridgehead atoms. The Labute approximate surface area is 202 Å². The molecule has 0 unspecified atom stereocenters. The summed E-state index contributed by atoms with van der Waals surface area (Å²) in [7, 11) is 3.58. The van der Waals surface area contributed by atoms with Gasteiger partial charge in [0.25, 0.3) is 5.91 Å². The van der Waals surface area contributed by atoms with Crippen LogP contribution in [0.5, 0.6) is 0 Å². The molecule has 11 heteroatoms. The van der Waals surface area contributed by atoms with Crippen molar-refractivity contribution in [1.82, 2.24) is 10.2 Å². The van der Waals surface area contributed by atoms with E-state index in [-0.39, 0.29) is 17.3 Å². The first-order valence-electron chi connectivity index (χ1n) is 11.3. The molecule has 0 aliphatic carbocycles. The van der Waals surface area contributed by atoms with Crippen molar-refractivity contribution < 1.29 is 27.5 Å². The number of carbonyl (C=O) groups is 2. The third kappa shape index (κ3) is 7.59. The van der Waals surface area contributed by atoms with Gasteiger partial charge >= 0.3 is 12.2 Å². The van der Waals surface area contributed by atoms with E-state index in [2.05, 4.69) is 20.9 Å². The Bertz CT molecular complexity index is 1020. The zero-order valence-corrected chi connectivity index (χ0v) is 19.7. The van der Waals surface area contributed by atoms with Gasteiger partial charge in [-0.2, -0.15) is 13.2 Å². The summed E-state index contributed by atoms with van der Waals surface area (Å²) in [4.78, 5) is 29.3. The normalized spacial score (nSPS) is 14.3. The summed E-state index contributed by atoms with van der Waals surface area (Å²) in [5.41, 5.74) is -0.0501. The van der Waals surface area contributed by atoms with Gasteiger partial charge in [0.05, 0.1) is 30.0 Å². The van der Waals surface area contributed by atoms with Gasteiger partial charge in [-0.3, -0.25) is 9.69 Å². The van der Waals surface area contributed by atoms with Crippen LogP contribution in [0.4, 0.5) is 35.0 Å². The van der Waals surface area contributed by atoms with Gasteiger partial charge in [0.15, 0.2) is 0 Å². The average Bonchev–Trinajstić information content (AvgIpc) is 2.81. The number of urea groups is 1. The van der Waals surface area contributed by atoms with Crippen LogP contribution in [0.15, 0.2) is 42.5 Å². The van der Waals surface area contributed by atoms with Crippen molar-refractivity contribution in [3.63, 3.8) is 0 Å². The smallest absolute Gasteiger partial charge is 0.379 e. The molecule has 1 aliphatic rings. The van der Waals surface area contributed by atoms with Crippen LogP contribution in [-0.2, 0) is 10.9 Å². The number of para-hydroxylation sites is 1. The van der Waals surface area contributed by atoms with Gasteiger partial charge in [0.2, 0.25) is 0 Å². The van der Waals surface area contributed by atoms with E-state index >= 15 is 0 Å². The van der Waals surface area contributed by atoms with Crippen LogP contribution in [0.2, 0.25) is 0 Å². The number of amides is 3. The summed E-state index contributed by atoms with van der Waals surface area (Å²) in [5.74, 6) is -0.304. The fraction of sp³-hybridized carbons (Fsp3) is 0.417. The molecule has 0 spiro atoms. The second-order valence-corrected chi connectivity index (χ2v) is 8.31. The number of morpholine rings is 1. The SMILES string of the molecule is CN(C)c1ccc(NC(=O)Nc2ccccc2C(F)(F)F)cc1C(=O)NCCCN1CCOCC1. The molecule has 35 heavy (non-hydrogen) atoms. The number of carbonyl (C=O) groups excluding carboxylic acids is 2. The van der Waals surface area contributed by atoms with Gasteiger partial charge in [-0.15, -0.1) is 0 Å². The molecular formula is C24H30F3N5O3. The average molecular weight is 494 g/mol. The van der Waals surface area contributed by atoms with Crippen molar-refractivity contribution >= 4 is 29.0 Å². The van der Waals surface area contributed by atoms with Crippen molar-refractivity contribution in [1.29, 1.82) is 0 Å². The van der Waals surface area contributed by atoms with Crippen LogP contribution in [-0.4, -0.2) is 70.3 Å². The van der Waals surface area contributed by atoms with Gasteiger partial charge in [0.1, 0.15) is 0 Å². The topological polar surface area (TPSA) is 85.9 Å². The lowest BCUT2D eigenvalue weighted by Gasteiger charge is -2.26. The highest BCUT2D eigenvalue weighted by atomic mass is 19.4. The van der Waals surface area contributed by atoms with Crippen LogP contribution >= 0.6 is 0 Å². The first-order valence-corrected chi connectivity index (χ1v) is 11.3. The van der Waals surface area contributed by atoms with Crippen LogP contribution in [0.3, 0.4) is 0 Å². The fourth-order valence-corrected chi connectivity index (χ4v) is 3.73. The van der Waals surface area contributed by atoms with Gasteiger partial charge in [-0.05, 0) is 43.3 Å². The molecule has 2 aromatic carbocycles. The predicted molar refractivity (Wildman–Crippen MR) is 129 cm³/mol. The molecular weight excluding hydrogens is 463 g/mol. The molecule has 3 N–H and O–H groups in total. The highest BCUT2D eigenvalue weighted by Crippen LogP contribution is 2.34. The molecule has 0 radical (unpaired) electrons. The van der Waals surface area contributed by atoms with E-state index in [4.69, 9.17) is 4.74 Å². The molecule has 0 aromatic heterocycles. The Hall–Kier alpha value is -3.31. The summed E-state index contributed by atoms with van der Waals surface area (Å²) in [5, 5.41) is 7.64. The van der Waals surface area contributed by atoms with E-state index in [0.717, 1.165) is 32.1 Å². The minimum absolute atomic E-state index is 0.274. The molecule has 3 amide bonds. The van der Waals surface area contributed by atoms with Gasteiger partial charge < -0.3 is 25.6 Å². The van der Waals surface area contributed by atoms with Crippen LogP contribution in [0.1, 0.15) is 22.3 Å². The van der Waals surface area contributed by atoms with Crippen LogP contribution < -0.4 is 20.9 Å². The number of halogens is 3. The summed E-state index contributed by atoms with van der Waals surface area (Å²) >= 11 is 0. The molecule has 1 fully saturated rings. The standard InChI is InChI=1S/C24H30F3N5O3/c1-31(2)21-9-8-17(29-23(34)30-20-7-4-3-6-19(20)24(25,26)27)16-18(21)22(33)28-10-5-11-32-12-14-35-15-13-32/h3-4,6-9,16H,5,10-15H2,1-2H3,(H,28,33)(H2,29,30,34). The zero-order valence-electron chi connectivity index (χ0n) is 19.7. The van der Waals surface area contributed by atoms with Crippen molar-refractivity contribution in [2.45, 2.75) is 12.6 Å². The van der Waals surface area contributed by atoms with Crippen LogP contribution in [0, 0.1) is 0 Å². The Morgan fingerprint density at radius 1 is 1.06 bits per heavy atom. The first kappa shape index (κ1) is 26.3. The quantitative estimate of drug-likeness (QED) is 0.486. The maximum absolute atomic E-state index is 13.2. The maximum atomic E-state index is 13.2. The van der Waals surface area contributed by atoms with Crippen molar-refractivity contribution in [2.75, 3.05) is 69.0 Å². The molecule has 190 valence electrons. The Kier molecular flexibility index (Phi) is 8.94. The first-order chi connectivity index (χ1) is 16.6. The zero-order chi connectivity index (χ0) is 25.4. The van der Waals surface area contributed by atoms with E-state index in [1.807, 2.05) is 0 Å². The van der Waals surface area contributed by atoms with Crippen molar-refractivity contribution in [3.05, 3.63) is 53.6 Å². The van der Waals surface area contributed by atoms with Crippen LogP contribution in [0.25, 0.3) is 0 Å². The lowest BCUT2D eigenvalue weighted by Crippen LogP contribution is -2.38. The Morgan fingerprint density at radius 2 is 1.77 bits per heavy atom. The molecule has 3 rings (SSSR count). The maximum Gasteiger partial charge on any atom is 0.418 e. The molecule has 1 aliphatic heterocycles. The fourth-order valence-electron chi connectivity index (χ4n) is 3.73. The van der Waals surface area contributed by atoms with E-state index in [0.29, 0.717) is 31.0 Å². The summed E-state index contributed by atoms with van der Waals surface area (Å²) in [6.07, 6.45) is -3.83. The molecule has 1 saturated heterocycles. The third-order valence-corrected chi connectivity index (χ3v) is 5.50. The summed E-state index contributed by atoms with van der Waals surface area (Å²) in [6, 6.07) is 8.62. The van der Waals surface area contributed by atoms with Crippen molar-refractivity contribution in [2.24, 2.45) is 0 Å². The Balaban J connectivity index is 1.64. The predicted octanol–water partition coefficient (Wildman–Crippen LogP) is 3.87. The summed E-state index contributed by atoms with van der Waals surface area (Å²) < 4.78 is 44.9. The van der Waals surface area contributed by atoms with E-state index in [1.54, 1.807) is 31.1 Å². The second kappa shape index (κ2) is 11.9. The van der Waals surface area contributed by atoms with E-state index in [9.17, 15) is 22.8 Å². The highest BCUT2D eigenvalue weighted by molar-refractivity contribution is 6.04. The molecule has 0 saturated carbocycles. The number of hydrogen-bond acceptors (Lipinski definition) is 5. The van der Waals surface area contributed by atoms with Gasteiger partial charge in [0, 0.05) is 45.1 Å². The molecule has 0 atom stereocenters. The number of hydrogen-bond donors (Lipinski definition) is 3. The number of rotatable bonds is 8. The molecule has 2 aromatic rings. The number of ether oxygens (including phenoxy) is 1. The third-order valence-electron chi connectivity index (χ3n) is 5.50. The molecule has 1 heterocycles. The van der Waals surface area contributed by atoms with E-state index in [1.165, 1.54) is 24.3 Å². The number of nitrogens with one attached hydrogen (secondary N) is 3. The van der Waals surface area contributed by atoms with Gasteiger partial charge in [-0.25, -0.2) is 4.79 Å².